The summed E-state index contributed by atoms with van der Waals surface area (Å²) in [6.45, 7) is 2.72. The van der Waals surface area contributed by atoms with Crippen molar-refractivity contribution in [3.63, 3.8) is 0 Å². The first kappa shape index (κ1) is 13.9. The number of nitrogens with zero attached hydrogens (tertiary/aromatic N) is 1. The minimum absolute atomic E-state index is 0.182. The van der Waals surface area contributed by atoms with E-state index in [9.17, 15) is 4.79 Å². The summed E-state index contributed by atoms with van der Waals surface area (Å²) in [6, 6.07) is 8.29. The molecule has 2 atom stereocenters. The molecule has 2 fully saturated rings. The van der Waals surface area contributed by atoms with E-state index in [4.69, 9.17) is 11.6 Å². The maximum absolute atomic E-state index is 12.6. The highest BCUT2D eigenvalue weighted by molar-refractivity contribution is 6.31. The van der Waals surface area contributed by atoms with Crippen molar-refractivity contribution in [2.75, 3.05) is 19.6 Å². The molecule has 1 aromatic carbocycles. The topological polar surface area (TPSA) is 32.3 Å². The van der Waals surface area contributed by atoms with Gasteiger partial charge in [-0.05, 0) is 43.9 Å². The first-order valence-corrected chi connectivity index (χ1v) is 7.88. The zero-order valence-corrected chi connectivity index (χ0v) is 12.4. The summed E-state index contributed by atoms with van der Waals surface area (Å²) in [5, 5.41) is 4.10. The van der Waals surface area contributed by atoms with Gasteiger partial charge in [0.25, 0.3) is 0 Å². The molecule has 2 saturated heterocycles. The lowest BCUT2D eigenvalue weighted by Crippen LogP contribution is -2.41. The van der Waals surface area contributed by atoms with E-state index >= 15 is 0 Å². The summed E-state index contributed by atoms with van der Waals surface area (Å²) in [7, 11) is 0. The first-order valence-electron chi connectivity index (χ1n) is 7.50. The maximum atomic E-state index is 12.6. The molecule has 3 rings (SSSR count). The van der Waals surface area contributed by atoms with E-state index in [1.165, 1.54) is 0 Å². The van der Waals surface area contributed by atoms with Crippen LogP contribution in [0.5, 0.6) is 0 Å². The number of likely N-dealkylation sites (tertiary alicyclic amines) is 1. The van der Waals surface area contributed by atoms with Crippen LogP contribution in [0.2, 0.25) is 5.02 Å². The predicted octanol–water partition coefficient (Wildman–Crippen LogP) is 2.48. The van der Waals surface area contributed by atoms with Crippen LogP contribution in [0.4, 0.5) is 0 Å². The molecule has 0 bridgehead atoms. The van der Waals surface area contributed by atoms with E-state index in [1.54, 1.807) is 0 Å². The number of nitrogens with one attached hydrogen (secondary N) is 1. The van der Waals surface area contributed by atoms with Crippen LogP contribution in [-0.2, 0) is 11.2 Å². The van der Waals surface area contributed by atoms with Crippen LogP contribution >= 0.6 is 11.6 Å². The fraction of sp³-hybridized carbons (Fsp3) is 0.562. The van der Waals surface area contributed by atoms with E-state index in [1.807, 2.05) is 18.2 Å². The van der Waals surface area contributed by atoms with Crippen molar-refractivity contribution in [1.29, 1.82) is 0 Å². The van der Waals surface area contributed by atoms with Crippen molar-refractivity contribution in [3.05, 3.63) is 34.9 Å². The average Bonchev–Trinajstić information content (AvgIpc) is 3.11. The molecular formula is C16H21ClN2O. The van der Waals surface area contributed by atoms with Gasteiger partial charge in [0, 0.05) is 24.2 Å². The normalized spacial score (nSPS) is 26.1. The van der Waals surface area contributed by atoms with Crippen molar-refractivity contribution in [2.45, 2.75) is 31.7 Å². The fourth-order valence-corrected chi connectivity index (χ4v) is 3.57. The quantitative estimate of drug-likeness (QED) is 0.928. The zero-order valence-electron chi connectivity index (χ0n) is 11.6. The Balaban J connectivity index is 1.69. The molecule has 4 heteroatoms. The van der Waals surface area contributed by atoms with Crippen molar-refractivity contribution in [1.82, 2.24) is 10.2 Å². The number of hydrogen-bond donors (Lipinski definition) is 1. The molecule has 0 spiro atoms. The van der Waals surface area contributed by atoms with Gasteiger partial charge in [-0.3, -0.25) is 4.79 Å². The third kappa shape index (κ3) is 2.84. The molecule has 0 aromatic heterocycles. The molecule has 2 heterocycles. The molecular weight excluding hydrogens is 272 g/mol. The van der Waals surface area contributed by atoms with Crippen LogP contribution in [0.1, 0.15) is 24.8 Å². The van der Waals surface area contributed by atoms with E-state index in [0.29, 0.717) is 11.9 Å². The number of hydrogen-bond acceptors (Lipinski definition) is 2. The minimum Gasteiger partial charge on any atom is -0.339 e. The smallest absolute Gasteiger partial charge is 0.227 e. The van der Waals surface area contributed by atoms with Crippen LogP contribution in [0.15, 0.2) is 24.3 Å². The second-order valence-corrected chi connectivity index (χ2v) is 6.22. The summed E-state index contributed by atoms with van der Waals surface area (Å²) in [6.07, 6.45) is 4.07. The van der Waals surface area contributed by atoms with E-state index in [2.05, 4.69) is 16.3 Å². The Bertz CT molecular complexity index is 485. The van der Waals surface area contributed by atoms with E-state index in [-0.39, 0.29) is 5.92 Å². The molecule has 2 aliphatic rings. The van der Waals surface area contributed by atoms with Gasteiger partial charge < -0.3 is 10.2 Å². The van der Waals surface area contributed by atoms with E-state index < -0.39 is 0 Å². The molecule has 1 aromatic rings. The number of benzene rings is 1. The predicted molar refractivity (Wildman–Crippen MR) is 80.9 cm³/mol. The summed E-state index contributed by atoms with van der Waals surface area (Å²) in [5.74, 6) is 0.520. The Hall–Kier alpha value is -1.06. The number of carbonyl (C=O) groups excluding carboxylic acids is 1. The number of amides is 1. The molecule has 20 heavy (non-hydrogen) atoms. The lowest BCUT2D eigenvalue weighted by atomic mass is 10.0. The maximum Gasteiger partial charge on any atom is 0.227 e. The highest BCUT2D eigenvalue weighted by atomic mass is 35.5. The van der Waals surface area contributed by atoms with Crippen LogP contribution in [-0.4, -0.2) is 36.5 Å². The van der Waals surface area contributed by atoms with Gasteiger partial charge in [0.05, 0.1) is 5.92 Å². The van der Waals surface area contributed by atoms with Gasteiger partial charge in [0.15, 0.2) is 0 Å². The lowest BCUT2D eigenvalue weighted by Gasteiger charge is -2.27. The number of rotatable bonds is 3. The van der Waals surface area contributed by atoms with Gasteiger partial charge in [-0.15, -0.1) is 0 Å². The molecule has 2 aliphatic heterocycles. The van der Waals surface area contributed by atoms with Gasteiger partial charge in [0.1, 0.15) is 0 Å². The standard InChI is InChI=1S/C16H21ClN2O/c17-15-6-2-1-4-12(15)10-14-5-3-9-19(14)16(20)13-7-8-18-11-13/h1-2,4,6,13-14,18H,3,5,7-11H2/t13-,14-/m0/s1. The number of carbonyl (C=O) groups is 1. The van der Waals surface area contributed by atoms with Crippen molar-refractivity contribution < 1.29 is 4.79 Å². The molecule has 0 saturated carbocycles. The van der Waals surface area contributed by atoms with Crippen LogP contribution < -0.4 is 5.32 Å². The zero-order chi connectivity index (χ0) is 13.9. The van der Waals surface area contributed by atoms with Gasteiger partial charge in [0.2, 0.25) is 5.91 Å². The van der Waals surface area contributed by atoms with Crippen molar-refractivity contribution in [3.8, 4) is 0 Å². The SMILES string of the molecule is O=C([C@H]1CCNC1)N1CCC[C@H]1Cc1ccccc1Cl. The van der Waals surface area contributed by atoms with Gasteiger partial charge >= 0.3 is 0 Å². The summed E-state index contributed by atoms with van der Waals surface area (Å²) >= 11 is 6.24. The molecule has 3 nitrogen and oxygen atoms in total. The van der Waals surface area contributed by atoms with Crippen LogP contribution in [0, 0.1) is 5.92 Å². The molecule has 0 aliphatic carbocycles. The van der Waals surface area contributed by atoms with Gasteiger partial charge in [-0.1, -0.05) is 29.8 Å². The monoisotopic (exact) mass is 292 g/mol. The second-order valence-electron chi connectivity index (χ2n) is 5.81. The summed E-state index contributed by atoms with van der Waals surface area (Å²) < 4.78 is 0. The van der Waals surface area contributed by atoms with Crippen LogP contribution in [0.25, 0.3) is 0 Å². The highest BCUT2D eigenvalue weighted by Gasteiger charge is 2.34. The molecule has 0 radical (unpaired) electrons. The largest absolute Gasteiger partial charge is 0.339 e. The molecule has 1 amide bonds. The highest BCUT2D eigenvalue weighted by Crippen LogP contribution is 2.27. The van der Waals surface area contributed by atoms with Crippen LogP contribution in [0.3, 0.4) is 0 Å². The summed E-state index contributed by atoms with van der Waals surface area (Å²) in [5.41, 5.74) is 1.16. The van der Waals surface area contributed by atoms with Gasteiger partial charge in [-0.2, -0.15) is 0 Å². The minimum atomic E-state index is 0.182. The molecule has 0 unspecified atom stereocenters. The Morgan fingerprint density at radius 3 is 2.95 bits per heavy atom. The van der Waals surface area contributed by atoms with Crippen molar-refractivity contribution >= 4 is 17.5 Å². The van der Waals surface area contributed by atoms with Crippen molar-refractivity contribution in [2.24, 2.45) is 5.92 Å². The number of halogens is 1. The van der Waals surface area contributed by atoms with E-state index in [0.717, 1.165) is 55.9 Å². The second kappa shape index (κ2) is 6.15. The third-order valence-corrected chi connectivity index (χ3v) is 4.85. The average molecular weight is 293 g/mol. The van der Waals surface area contributed by atoms with Gasteiger partial charge in [-0.25, -0.2) is 0 Å². The fourth-order valence-electron chi connectivity index (χ4n) is 3.36. The first-order chi connectivity index (χ1) is 9.75. The summed E-state index contributed by atoms with van der Waals surface area (Å²) in [4.78, 5) is 14.7. The Labute approximate surface area is 125 Å². The Morgan fingerprint density at radius 1 is 1.35 bits per heavy atom. The lowest BCUT2D eigenvalue weighted by molar-refractivity contribution is -0.135. The molecule has 1 N–H and O–H groups in total. The Kier molecular flexibility index (Phi) is 4.27. The Morgan fingerprint density at radius 2 is 2.20 bits per heavy atom. The molecule has 108 valence electrons. The third-order valence-electron chi connectivity index (χ3n) is 4.48.